The predicted octanol–water partition coefficient (Wildman–Crippen LogP) is 3.79. The van der Waals surface area contributed by atoms with Crippen molar-refractivity contribution < 1.29 is 19.4 Å². The molecule has 0 unspecified atom stereocenters. The van der Waals surface area contributed by atoms with Crippen molar-refractivity contribution in [1.82, 2.24) is 0 Å². The van der Waals surface area contributed by atoms with E-state index in [1.807, 2.05) is 0 Å². The van der Waals surface area contributed by atoms with Crippen molar-refractivity contribution in [3.8, 4) is 0 Å². The summed E-state index contributed by atoms with van der Waals surface area (Å²) < 4.78 is 10.8. The zero-order chi connectivity index (χ0) is 21.3. The lowest BCUT2D eigenvalue weighted by Gasteiger charge is -2.63. The van der Waals surface area contributed by atoms with Gasteiger partial charge in [-0.15, -0.1) is 0 Å². The van der Waals surface area contributed by atoms with Gasteiger partial charge in [0.15, 0.2) is 0 Å². The zero-order valence-corrected chi connectivity index (χ0v) is 18.3. The number of hydrogen-bond donors (Lipinski definition) is 2. The highest BCUT2D eigenvalue weighted by molar-refractivity contribution is 5.32. The maximum atomic E-state index is 12.2. The fourth-order valence-corrected chi connectivity index (χ4v) is 7.94. The van der Waals surface area contributed by atoms with E-state index in [1.165, 1.54) is 17.9 Å². The molecule has 8 atom stereocenters. The van der Waals surface area contributed by atoms with Crippen molar-refractivity contribution in [3.63, 3.8) is 0 Å². The number of aliphatic hydroxyl groups is 2. The Morgan fingerprint density at radius 2 is 1.93 bits per heavy atom. The van der Waals surface area contributed by atoms with Crippen molar-refractivity contribution >= 4 is 0 Å². The van der Waals surface area contributed by atoms with Crippen LogP contribution >= 0.6 is 0 Å². The molecule has 3 saturated carbocycles. The average molecular weight is 415 g/mol. The summed E-state index contributed by atoms with van der Waals surface area (Å²) in [5.74, 6) is 0.431. The summed E-state index contributed by atoms with van der Waals surface area (Å²) in [4.78, 5) is 11.4. The van der Waals surface area contributed by atoms with Gasteiger partial charge in [0.25, 0.3) is 0 Å². The van der Waals surface area contributed by atoms with Crippen LogP contribution in [0.2, 0.25) is 0 Å². The van der Waals surface area contributed by atoms with Gasteiger partial charge in [-0.2, -0.15) is 0 Å². The molecule has 5 rings (SSSR count). The first-order chi connectivity index (χ1) is 14.2. The Kier molecular flexibility index (Phi) is 4.63. The summed E-state index contributed by atoms with van der Waals surface area (Å²) in [5, 5.41) is 23.8. The van der Waals surface area contributed by atoms with Crippen LogP contribution in [0.4, 0.5) is 0 Å². The molecule has 1 heterocycles. The molecule has 2 N–H and O–H groups in total. The smallest absolute Gasteiger partial charge is 0.335 e. The van der Waals surface area contributed by atoms with Crippen molar-refractivity contribution in [2.75, 3.05) is 7.11 Å². The first-order valence-corrected chi connectivity index (χ1v) is 11.5. The van der Waals surface area contributed by atoms with E-state index in [0.717, 1.165) is 37.7 Å². The van der Waals surface area contributed by atoms with E-state index >= 15 is 0 Å². The number of hydrogen-bond acceptors (Lipinski definition) is 5. The summed E-state index contributed by atoms with van der Waals surface area (Å²) in [6, 6.07) is 3.25. The molecule has 164 valence electrons. The molecule has 0 saturated heterocycles. The van der Waals surface area contributed by atoms with Crippen LogP contribution < -0.4 is 5.63 Å². The van der Waals surface area contributed by atoms with Crippen molar-refractivity contribution in [2.45, 2.75) is 82.5 Å². The molecule has 5 heteroatoms. The van der Waals surface area contributed by atoms with Crippen LogP contribution in [0.5, 0.6) is 0 Å². The summed E-state index contributed by atoms with van der Waals surface area (Å²) in [7, 11) is 1.78. The summed E-state index contributed by atoms with van der Waals surface area (Å²) in [6.45, 7) is 4.41. The van der Waals surface area contributed by atoms with E-state index < -0.39 is 17.1 Å². The minimum atomic E-state index is -0.914. The van der Waals surface area contributed by atoms with Gasteiger partial charge >= 0.3 is 5.63 Å². The van der Waals surface area contributed by atoms with Crippen LogP contribution in [-0.4, -0.2) is 35.1 Å². The van der Waals surface area contributed by atoms with E-state index in [1.54, 1.807) is 13.2 Å². The summed E-state index contributed by atoms with van der Waals surface area (Å²) in [6.07, 6.45) is 9.62. The summed E-state index contributed by atoms with van der Waals surface area (Å²) in [5.41, 5.74) is 0.466. The Bertz CT molecular complexity index is 900. The van der Waals surface area contributed by atoms with Gasteiger partial charge in [0.2, 0.25) is 0 Å². The van der Waals surface area contributed by atoms with E-state index in [9.17, 15) is 15.0 Å². The fraction of sp³-hybridized carbons (Fsp3) is 0.720. The second kappa shape index (κ2) is 6.78. The molecule has 1 aromatic heterocycles. The van der Waals surface area contributed by atoms with E-state index in [2.05, 4.69) is 19.9 Å². The molecule has 0 aromatic carbocycles. The van der Waals surface area contributed by atoms with E-state index in [-0.39, 0.29) is 34.9 Å². The molecule has 0 spiro atoms. The molecule has 1 aromatic rings. The Labute approximate surface area is 178 Å². The lowest BCUT2D eigenvalue weighted by molar-refractivity contribution is -0.222. The van der Waals surface area contributed by atoms with Gasteiger partial charge in [0, 0.05) is 18.6 Å². The zero-order valence-electron chi connectivity index (χ0n) is 18.3. The van der Waals surface area contributed by atoms with Gasteiger partial charge in [-0.05, 0) is 79.7 Å². The number of aliphatic hydroxyl groups excluding tert-OH is 1. The second-order valence-electron chi connectivity index (χ2n) is 10.6. The van der Waals surface area contributed by atoms with Gasteiger partial charge in [-0.1, -0.05) is 25.5 Å². The molecule has 0 radical (unpaired) electrons. The molecule has 3 fully saturated rings. The Morgan fingerprint density at radius 1 is 1.13 bits per heavy atom. The molecule has 4 aliphatic rings. The molecule has 5 nitrogen and oxygen atoms in total. The van der Waals surface area contributed by atoms with Crippen molar-refractivity contribution in [3.05, 3.63) is 46.0 Å². The Balaban J connectivity index is 1.53. The number of methoxy groups -OCH3 is 1. The first-order valence-electron chi connectivity index (χ1n) is 11.5. The number of allylic oxidation sites excluding steroid dienone is 1. The molecular formula is C25H34O5. The lowest BCUT2D eigenvalue weighted by Crippen LogP contribution is -2.65. The standard InChI is InChI=1S/C25H34O5/c1-23-10-8-17(29-3)12-16(23)5-6-19-20(23)13-21(26)24(2)18(9-11-25(19,24)28)15-4-7-22(27)30-14-15/h4,7,12,14,17-21,26,28H,5-6,8-11,13H2,1-3H3/t17-,18-,19-,20+,21-,23+,24+,25+/m1/s1. The molecule has 0 bridgehead atoms. The SMILES string of the molecule is CO[C@H]1C=C2CC[C@@H]3[C@H](C[C@@H](O)[C@]4(C)[C@@H](c5ccc(=O)oc5)CC[C@]34O)[C@@]2(C)CC1. The molecular weight excluding hydrogens is 380 g/mol. The highest BCUT2D eigenvalue weighted by Crippen LogP contribution is 2.70. The highest BCUT2D eigenvalue weighted by atomic mass is 16.5. The van der Waals surface area contributed by atoms with Crippen LogP contribution in [0.15, 0.2) is 39.3 Å². The Morgan fingerprint density at radius 3 is 2.63 bits per heavy atom. The normalized spacial score (nSPS) is 47.8. The van der Waals surface area contributed by atoms with Crippen molar-refractivity contribution in [2.24, 2.45) is 22.7 Å². The summed E-state index contributed by atoms with van der Waals surface area (Å²) >= 11 is 0. The van der Waals surface area contributed by atoms with E-state index in [4.69, 9.17) is 9.15 Å². The second-order valence-corrected chi connectivity index (χ2v) is 10.6. The van der Waals surface area contributed by atoms with Crippen LogP contribution in [0.1, 0.15) is 70.3 Å². The lowest BCUT2D eigenvalue weighted by atomic mass is 9.44. The maximum Gasteiger partial charge on any atom is 0.335 e. The van der Waals surface area contributed by atoms with Crippen molar-refractivity contribution in [1.29, 1.82) is 0 Å². The molecule has 0 aliphatic heterocycles. The highest BCUT2D eigenvalue weighted by Gasteiger charge is 2.69. The van der Waals surface area contributed by atoms with Gasteiger partial charge < -0.3 is 19.4 Å². The fourth-order valence-electron chi connectivity index (χ4n) is 7.94. The van der Waals surface area contributed by atoms with Crippen LogP contribution in [0, 0.1) is 22.7 Å². The number of ether oxygens (including phenoxy) is 1. The third kappa shape index (κ3) is 2.55. The molecule has 0 amide bonds. The molecule has 4 aliphatic carbocycles. The Hall–Kier alpha value is -1.43. The minimum Gasteiger partial charge on any atom is -0.431 e. The predicted molar refractivity (Wildman–Crippen MR) is 113 cm³/mol. The van der Waals surface area contributed by atoms with Gasteiger partial charge in [-0.25, -0.2) is 4.79 Å². The number of fused-ring (bicyclic) bond motifs is 5. The molecule has 30 heavy (non-hydrogen) atoms. The van der Waals surface area contributed by atoms with Crippen LogP contribution in [0.3, 0.4) is 0 Å². The van der Waals surface area contributed by atoms with Gasteiger partial charge in [0.05, 0.1) is 24.1 Å². The van der Waals surface area contributed by atoms with Crippen LogP contribution in [0.25, 0.3) is 0 Å². The first kappa shape index (κ1) is 20.5. The average Bonchev–Trinajstić information content (AvgIpc) is 3.02. The largest absolute Gasteiger partial charge is 0.431 e. The number of rotatable bonds is 2. The van der Waals surface area contributed by atoms with Gasteiger partial charge in [0.1, 0.15) is 0 Å². The van der Waals surface area contributed by atoms with Gasteiger partial charge in [-0.3, -0.25) is 0 Å². The third-order valence-corrected chi connectivity index (χ3v) is 9.78. The minimum absolute atomic E-state index is 0.0169. The topological polar surface area (TPSA) is 79.9 Å². The quantitative estimate of drug-likeness (QED) is 0.720. The monoisotopic (exact) mass is 414 g/mol. The maximum absolute atomic E-state index is 12.2. The van der Waals surface area contributed by atoms with Crippen LogP contribution in [-0.2, 0) is 4.74 Å². The third-order valence-electron chi connectivity index (χ3n) is 9.78. The van der Waals surface area contributed by atoms with E-state index in [0.29, 0.717) is 12.8 Å².